The van der Waals surface area contributed by atoms with Gasteiger partial charge in [0.25, 0.3) is 17.6 Å². The molecule has 11 heteroatoms. The third-order valence-corrected chi connectivity index (χ3v) is 7.87. The summed E-state index contributed by atoms with van der Waals surface area (Å²) in [5.41, 5.74) is 0.623. The molecule has 3 aliphatic carbocycles. The molecule has 3 aliphatic rings. The van der Waals surface area contributed by atoms with Gasteiger partial charge in [0.2, 0.25) is 0 Å². The zero-order valence-electron chi connectivity index (χ0n) is 19.9. The largest absolute Gasteiger partial charge is 0.481 e. The quantitative estimate of drug-likeness (QED) is 0.459. The van der Waals surface area contributed by atoms with Crippen LogP contribution in [0.1, 0.15) is 70.6 Å². The number of aryl methyl sites for hydroxylation is 1. The second-order valence-corrected chi connectivity index (χ2v) is 10.0. The van der Waals surface area contributed by atoms with Gasteiger partial charge in [-0.3, -0.25) is 14.4 Å². The number of amides is 2. The zero-order valence-corrected chi connectivity index (χ0v) is 19.9. The predicted octanol–water partition coefficient (Wildman–Crippen LogP) is 2.66. The number of carboxylic acid groups (broad SMARTS) is 1. The number of nitrogens with zero attached hydrogens (tertiary/aromatic N) is 4. The number of carbonyl (C=O) groups is 3. The lowest BCUT2D eigenvalue weighted by Gasteiger charge is -2.51. The second-order valence-electron chi connectivity index (χ2n) is 10.0. The molecule has 36 heavy (non-hydrogen) atoms. The molecule has 2 amide bonds. The molecule has 1 aromatic carbocycles. The normalized spacial score (nSPS) is 22.9. The number of hydrogen-bond acceptors (Lipinski definition) is 6. The zero-order chi connectivity index (χ0) is 25.5. The van der Waals surface area contributed by atoms with Gasteiger partial charge in [0.1, 0.15) is 23.5 Å². The maximum atomic E-state index is 13.5. The van der Waals surface area contributed by atoms with Gasteiger partial charge in [-0.1, -0.05) is 12.1 Å². The summed E-state index contributed by atoms with van der Waals surface area (Å²) in [6.45, 7) is 2.24. The van der Waals surface area contributed by atoms with E-state index >= 15 is 0 Å². The van der Waals surface area contributed by atoms with E-state index in [1.807, 2.05) is 0 Å². The van der Waals surface area contributed by atoms with Crippen molar-refractivity contribution in [1.82, 2.24) is 30.2 Å². The molecule has 2 aromatic heterocycles. The standard InChI is InChI=1S/C25H27FN6O4/c1-15-10-16(2-3-17(15)26)12-27-20(33)18-11-19(32-23(31-18)29-14-30-32)21(34)28-13-24-4-7-25(8-5-24,9-6-24)22(35)36/h2-3,10-11,14H,4-9,12-13H2,1H3,(H,27,33)(H,28,34)(H,35,36). The highest BCUT2D eigenvalue weighted by Crippen LogP contribution is 2.56. The van der Waals surface area contributed by atoms with Crippen LogP contribution in [0.25, 0.3) is 5.78 Å². The number of carboxylic acids is 1. The van der Waals surface area contributed by atoms with Crippen LogP contribution in [0, 0.1) is 23.6 Å². The number of carbonyl (C=O) groups excluding carboxylic acids is 2. The van der Waals surface area contributed by atoms with Crippen LogP contribution in [0.15, 0.2) is 30.6 Å². The van der Waals surface area contributed by atoms with Gasteiger partial charge in [0.15, 0.2) is 0 Å². The highest BCUT2D eigenvalue weighted by Gasteiger charge is 2.52. The highest BCUT2D eigenvalue weighted by atomic mass is 19.1. The van der Waals surface area contributed by atoms with Crippen molar-refractivity contribution in [2.75, 3.05) is 6.54 Å². The molecule has 3 fully saturated rings. The Hall–Kier alpha value is -3.89. The average molecular weight is 495 g/mol. The molecule has 3 saturated carbocycles. The number of benzene rings is 1. The van der Waals surface area contributed by atoms with Gasteiger partial charge >= 0.3 is 5.97 Å². The van der Waals surface area contributed by atoms with Crippen molar-refractivity contribution in [2.45, 2.75) is 52.0 Å². The topological polar surface area (TPSA) is 139 Å². The van der Waals surface area contributed by atoms with E-state index in [9.17, 15) is 23.9 Å². The van der Waals surface area contributed by atoms with Gasteiger partial charge in [-0.15, -0.1) is 0 Å². The van der Waals surface area contributed by atoms with Gasteiger partial charge in [0.05, 0.1) is 5.41 Å². The predicted molar refractivity (Wildman–Crippen MR) is 126 cm³/mol. The number of halogens is 1. The Labute approximate surface area is 206 Å². The summed E-state index contributed by atoms with van der Waals surface area (Å²) in [5, 5.41) is 19.4. The van der Waals surface area contributed by atoms with E-state index < -0.39 is 23.2 Å². The third-order valence-electron chi connectivity index (χ3n) is 7.87. The lowest BCUT2D eigenvalue weighted by Crippen LogP contribution is -2.50. The van der Waals surface area contributed by atoms with E-state index in [4.69, 9.17) is 0 Å². The number of fused-ring (bicyclic) bond motifs is 4. The first-order chi connectivity index (χ1) is 17.2. The molecule has 2 heterocycles. The summed E-state index contributed by atoms with van der Waals surface area (Å²) in [5.74, 6) is -1.83. The summed E-state index contributed by atoms with van der Waals surface area (Å²) < 4.78 is 14.8. The van der Waals surface area contributed by atoms with Crippen molar-refractivity contribution in [1.29, 1.82) is 0 Å². The van der Waals surface area contributed by atoms with E-state index in [1.165, 1.54) is 23.0 Å². The molecule has 10 nitrogen and oxygen atoms in total. The summed E-state index contributed by atoms with van der Waals surface area (Å²) in [4.78, 5) is 45.9. The summed E-state index contributed by atoms with van der Waals surface area (Å²) in [7, 11) is 0. The van der Waals surface area contributed by atoms with Gasteiger partial charge < -0.3 is 15.7 Å². The van der Waals surface area contributed by atoms with E-state index in [0.717, 1.165) is 24.8 Å². The molecule has 0 saturated heterocycles. The number of hydrogen-bond donors (Lipinski definition) is 3. The van der Waals surface area contributed by atoms with Crippen molar-refractivity contribution < 1.29 is 23.9 Å². The van der Waals surface area contributed by atoms with E-state index in [2.05, 4.69) is 25.7 Å². The lowest BCUT2D eigenvalue weighted by atomic mass is 9.53. The Balaban J connectivity index is 1.29. The average Bonchev–Trinajstić information content (AvgIpc) is 3.37. The minimum Gasteiger partial charge on any atom is -0.481 e. The van der Waals surface area contributed by atoms with Crippen molar-refractivity contribution in [3.8, 4) is 0 Å². The van der Waals surface area contributed by atoms with Gasteiger partial charge in [-0.25, -0.2) is 9.37 Å². The van der Waals surface area contributed by atoms with Crippen molar-refractivity contribution >= 4 is 23.6 Å². The number of aliphatic carboxylic acids is 1. The van der Waals surface area contributed by atoms with Crippen LogP contribution < -0.4 is 10.6 Å². The minimum absolute atomic E-state index is 0.0132. The summed E-state index contributed by atoms with van der Waals surface area (Å²) in [6, 6.07) is 5.96. The summed E-state index contributed by atoms with van der Waals surface area (Å²) >= 11 is 0. The van der Waals surface area contributed by atoms with Crippen LogP contribution in [0.5, 0.6) is 0 Å². The summed E-state index contributed by atoms with van der Waals surface area (Å²) in [6.07, 6.45) is 5.39. The second kappa shape index (κ2) is 8.96. The molecular weight excluding hydrogens is 467 g/mol. The lowest BCUT2D eigenvalue weighted by molar-refractivity contribution is -0.158. The minimum atomic E-state index is -0.717. The smallest absolute Gasteiger partial charge is 0.309 e. The Morgan fingerprint density at radius 3 is 2.44 bits per heavy atom. The van der Waals surface area contributed by atoms with E-state index in [-0.39, 0.29) is 34.9 Å². The molecule has 0 radical (unpaired) electrons. The molecule has 0 spiro atoms. The van der Waals surface area contributed by atoms with Crippen molar-refractivity contribution in [3.63, 3.8) is 0 Å². The Bertz CT molecular complexity index is 1350. The molecular formula is C25H27FN6O4. The van der Waals surface area contributed by atoms with Crippen LogP contribution in [0.2, 0.25) is 0 Å². The van der Waals surface area contributed by atoms with Gasteiger partial charge in [-0.2, -0.15) is 14.6 Å². The Kier molecular flexibility index (Phi) is 5.93. The molecule has 3 N–H and O–H groups in total. The SMILES string of the molecule is Cc1cc(CNC(=O)c2cc(C(=O)NCC34CCC(C(=O)O)(CC3)CC4)n3ncnc3n2)ccc1F. The fourth-order valence-electron chi connectivity index (χ4n) is 5.39. The molecule has 2 bridgehead atoms. The first kappa shape index (κ1) is 23.8. The van der Waals surface area contributed by atoms with Crippen LogP contribution in [-0.4, -0.2) is 49.0 Å². The fourth-order valence-corrected chi connectivity index (χ4v) is 5.39. The highest BCUT2D eigenvalue weighted by molar-refractivity contribution is 5.98. The van der Waals surface area contributed by atoms with Crippen LogP contribution >= 0.6 is 0 Å². The van der Waals surface area contributed by atoms with E-state index in [1.54, 1.807) is 19.1 Å². The number of rotatable bonds is 7. The molecule has 6 rings (SSSR count). The van der Waals surface area contributed by atoms with Gasteiger partial charge in [0, 0.05) is 19.2 Å². The number of aromatic nitrogens is 4. The molecule has 188 valence electrons. The molecule has 0 unspecified atom stereocenters. The maximum absolute atomic E-state index is 13.5. The van der Waals surface area contributed by atoms with Crippen LogP contribution in [0.4, 0.5) is 4.39 Å². The fraction of sp³-hybridized carbons (Fsp3) is 0.440. The Morgan fingerprint density at radius 2 is 1.78 bits per heavy atom. The van der Waals surface area contributed by atoms with E-state index in [0.29, 0.717) is 31.4 Å². The third kappa shape index (κ3) is 4.29. The number of nitrogens with one attached hydrogen (secondary N) is 2. The molecule has 0 aliphatic heterocycles. The maximum Gasteiger partial charge on any atom is 0.309 e. The first-order valence-electron chi connectivity index (χ1n) is 12.0. The van der Waals surface area contributed by atoms with Crippen LogP contribution in [-0.2, 0) is 11.3 Å². The monoisotopic (exact) mass is 494 g/mol. The van der Waals surface area contributed by atoms with Gasteiger partial charge in [-0.05, 0) is 68.1 Å². The van der Waals surface area contributed by atoms with Crippen LogP contribution in [0.3, 0.4) is 0 Å². The molecule has 0 atom stereocenters. The van der Waals surface area contributed by atoms with Crippen molar-refractivity contribution in [3.05, 3.63) is 58.9 Å². The Morgan fingerprint density at radius 1 is 1.06 bits per heavy atom. The molecule has 3 aromatic rings. The first-order valence-corrected chi connectivity index (χ1v) is 12.0. The van der Waals surface area contributed by atoms with Crippen molar-refractivity contribution in [2.24, 2.45) is 10.8 Å².